The highest BCUT2D eigenvalue weighted by atomic mass is 16.5. The lowest BCUT2D eigenvalue weighted by Crippen LogP contribution is -2.33. The molecule has 2 aromatic heterocycles. The molecule has 0 radical (unpaired) electrons. The number of carbonyl (C=O) groups excluding carboxylic acids is 1. The number of aromatic amines is 1. The number of H-pyrrole nitrogens is 1. The highest BCUT2D eigenvalue weighted by Gasteiger charge is 2.21. The van der Waals surface area contributed by atoms with Crippen LogP contribution in [-0.4, -0.2) is 39.4 Å². The van der Waals surface area contributed by atoms with E-state index in [0.29, 0.717) is 35.6 Å². The van der Waals surface area contributed by atoms with E-state index in [1.54, 1.807) is 10.7 Å². The van der Waals surface area contributed by atoms with E-state index in [9.17, 15) is 9.59 Å². The highest BCUT2D eigenvalue weighted by molar-refractivity contribution is 5.89. The summed E-state index contributed by atoms with van der Waals surface area (Å²) in [5.41, 5.74) is 3.89. The van der Waals surface area contributed by atoms with Gasteiger partial charge in [0, 0.05) is 13.1 Å². The number of ether oxygens (including phenoxy) is 1. The van der Waals surface area contributed by atoms with Crippen molar-refractivity contribution in [3.05, 3.63) is 81.8 Å². The van der Waals surface area contributed by atoms with Crippen molar-refractivity contribution in [1.29, 1.82) is 0 Å². The number of carbonyl (C=O) groups is 1. The Morgan fingerprint density at radius 1 is 1.13 bits per heavy atom. The molecular weight excluding hydrogens is 382 g/mol. The maximum atomic E-state index is 12.7. The quantitative estimate of drug-likeness (QED) is 0.530. The second-order valence-electron chi connectivity index (χ2n) is 7.17. The van der Waals surface area contributed by atoms with Crippen LogP contribution in [0.15, 0.2) is 59.5 Å². The molecule has 0 saturated heterocycles. The summed E-state index contributed by atoms with van der Waals surface area (Å²) in [6, 6.07) is 15.2. The molecule has 4 aromatic rings. The highest BCUT2D eigenvalue weighted by Crippen LogP contribution is 2.24. The number of para-hydroxylation sites is 1. The summed E-state index contributed by atoms with van der Waals surface area (Å²) in [4.78, 5) is 34.1. The van der Waals surface area contributed by atoms with Gasteiger partial charge in [0.1, 0.15) is 5.39 Å². The normalized spacial score (nSPS) is 13.3. The van der Waals surface area contributed by atoms with Crippen LogP contribution in [0.5, 0.6) is 0 Å². The molecule has 0 aliphatic carbocycles. The topological polar surface area (TPSA) is 93.1 Å². The third-order valence-electron chi connectivity index (χ3n) is 5.37. The lowest BCUT2D eigenvalue weighted by atomic mass is 9.97. The van der Waals surface area contributed by atoms with Crippen molar-refractivity contribution in [1.82, 2.24) is 19.7 Å². The fourth-order valence-electron chi connectivity index (χ4n) is 3.79. The number of aromatic nitrogens is 4. The first-order chi connectivity index (χ1) is 14.6. The molecule has 30 heavy (non-hydrogen) atoms. The predicted molar refractivity (Wildman–Crippen MR) is 112 cm³/mol. The number of methoxy groups -OCH3 is 1. The van der Waals surface area contributed by atoms with Crippen molar-refractivity contribution < 1.29 is 9.53 Å². The van der Waals surface area contributed by atoms with Crippen LogP contribution in [0.25, 0.3) is 16.7 Å². The van der Waals surface area contributed by atoms with Gasteiger partial charge < -0.3 is 9.64 Å². The molecule has 0 bridgehead atoms. The van der Waals surface area contributed by atoms with E-state index in [1.165, 1.54) is 13.3 Å². The molecule has 0 amide bonds. The fourth-order valence-corrected chi connectivity index (χ4v) is 3.79. The van der Waals surface area contributed by atoms with Gasteiger partial charge in [0.05, 0.1) is 24.6 Å². The largest absolute Gasteiger partial charge is 0.465 e. The number of rotatable bonds is 3. The monoisotopic (exact) mass is 401 g/mol. The second kappa shape index (κ2) is 7.14. The Bertz CT molecular complexity index is 1310. The number of benzene rings is 2. The number of nitrogens with one attached hydrogen (secondary N) is 1. The van der Waals surface area contributed by atoms with Gasteiger partial charge >= 0.3 is 5.97 Å². The summed E-state index contributed by atoms with van der Waals surface area (Å²) in [6.07, 6.45) is 2.28. The third-order valence-corrected chi connectivity index (χ3v) is 5.37. The Morgan fingerprint density at radius 2 is 1.97 bits per heavy atom. The molecule has 0 saturated carbocycles. The number of esters is 1. The zero-order valence-electron chi connectivity index (χ0n) is 16.3. The van der Waals surface area contributed by atoms with Gasteiger partial charge in [-0.1, -0.05) is 24.3 Å². The van der Waals surface area contributed by atoms with Gasteiger partial charge in [-0.15, -0.1) is 0 Å². The molecule has 2 aromatic carbocycles. The molecule has 1 N–H and O–H groups in total. The summed E-state index contributed by atoms with van der Waals surface area (Å²) in [5, 5.41) is 4.80. The Morgan fingerprint density at radius 3 is 2.77 bits per heavy atom. The molecule has 8 nitrogen and oxygen atoms in total. The summed E-state index contributed by atoms with van der Waals surface area (Å²) < 4.78 is 6.48. The minimum absolute atomic E-state index is 0.219. The first-order valence-electron chi connectivity index (χ1n) is 9.62. The molecular formula is C22H19N5O3. The summed E-state index contributed by atoms with van der Waals surface area (Å²) >= 11 is 0. The van der Waals surface area contributed by atoms with E-state index in [-0.39, 0.29) is 11.5 Å². The molecule has 5 rings (SSSR count). The van der Waals surface area contributed by atoms with E-state index in [4.69, 9.17) is 9.72 Å². The van der Waals surface area contributed by atoms with Crippen LogP contribution in [0.4, 0.5) is 5.95 Å². The van der Waals surface area contributed by atoms with Gasteiger partial charge in [-0.2, -0.15) is 10.1 Å². The van der Waals surface area contributed by atoms with Crippen LogP contribution < -0.4 is 10.5 Å². The van der Waals surface area contributed by atoms with Crippen molar-refractivity contribution in [2.45, 2.75) is 13.0 Å². The number of nitrogens with zero attached hydrogens (tertiary/aromatic N) is 4. The van der Waals surface area contributed by atoms with Gasteiger partial charge in [-0.05, 0) is 41.8 Å². The molecule has 0 atom stereocenters. The van der Waals surface area contributed by atoms with Crippen molar-refractivity contribution in [2.75, 3.05) is 18.6 Å². The molecule has 3 heterocycles. The molecule has 0 unspecified atom stereocenters. The molecule has 150 valence electrons. The SMILES string of the molecule is COC(=O)c1ccc2c(c1)CCN(c1nc3c(cnn3-c3ccccc3)c(=O)[nH]1)C2. The Kier molecular flexibility index (Phi) is 4.31. The fraction of sp³-hybridized carbons (Fsp3) is 0.182. The van der Waals surface area contributed by atoms with Crippen LogP contribution in [0.1, 0.15) is 21.5 Å². The van der Waals surface area contributed by atoms with Crippen molar-refractivity contribution in [3.8, 4) is 5.69 Å². The predicted octanol–water partition coefficient (Wildman–Crippen LogP) is 2.46. The molecule has 1 aliphatic rings. The van der Waals surface area contributed by atoms with Gasteiger partial charge in [0.25, 0.3) is 5.56 Å². The van der Waals surface area contributed by atoms with Gasteiger partial charge in [0.15, 0.2) is 5.65 Å². The van der Waals surface area contributed by atoms with Crippen molar-refractivity contribution >= 4 is 23.0 Å². The lowest BCUT2D eigenvalue weighted by Gasteiger charge is -2.29. The average Bonchev–Trinajstić information content (AvgIpc) is 3.23. The van der Waals surface area contributed by atoms with Crippen LogP contribution in [0, 0.1) is 0 Å². The third kappa shape index (κ3) is 3.02. The molecule has 0 spiro atoms. The number of anilines is 1. The van der Waals surface area contributed by atoms with Gasteiger partial charge in [-0.3, -0.25) is 9.78 Å². The zero-order valence-corrected chi connectivity index (χ0v) is 16.3. The summed E-state index contributed by atoms with van der Waals surface area (Å²) in [5.74, 6) is 0.165. The summed E-state index contributed by atoms with van der Waals surface area (Å²) in [6.45, 7) is 1.26. The second-order valence-corrected chi connectivity index (χ2v) is 7.17. The first-order valence-corrected chi connectivity index (χ1v) is 9.62. The Labute approximate surface area is 171 Å². The van der Waals surface area contributed by atoms with Gasteiger partial charge in [-0.25, -0.2) is 9.48 Å². The average molecular weight is 401 g/mol. The lowest BCUT2D eigenvalue weighted by molar-refractivity contribution is 0.0600. The Hall–Kier alpha value is -3.94. The molecule has 0 fully saturated rings. The van der Waals surface area contributed by atoms with E-state index in [2.05, 4.69) is 10.1 Å². The van der Waals surface area contributed by atoms with Crippen molar-refractivity contribution in [3.63, 3.8) is 0 Å². The maximum absolute atomic E-state index is 12.7. The number of fused-ring (bicyclic) bond motifs is 2. The van der Waals surface area contributed by atoms with E-state index >= 15 is 0 Å². The molecule has 1 aliphatic heterocycles. The standard InChI is InChI=1S/C22H19N5O3/c1-30-21(29)15-7-8-16-13-26(10-9-14(16)11-15)22-24-19-18(20(28)25-22)12-23-27(19)17-5-3-2-4-6-17/h2-8,11-12H,9-10,13H2,1H3,(H,24,25,28). The number of hydrogen-bond acceptors (Lipinski definition) is 6. The zero-order chi connectivity index (χ0) is 20.7. The van der Waals surface area contributed by atoms with Crippen LogP contribution in [0.2, 0.25) is 0 Å². The Balaban J connectivity index is 1.51. The van der Waals surface area contributed by atoms with Crippen LogP contribution >= 0.6 is 0 Å². The maximum Gasteiger partial charge on any atom is 0.337 e. The number of hydrogen-bond donors (Lipinski definition) is 1. The van der Waals surface area contributed by atoms with E-state index < -0.39 is 0 Å². The van der Waals surface area contributed by atoms with Crippen LogP contribution in [0.3, 0.4) is 0 Å². The minimum atomic E-state index is -0.342. The molecule has 8 heteroatoms. The minimum Gasteiger partial charge on any atom is -0.465 e. The van der Waals surface area contributed by atoms with Crippen LogP contribution in [-0.2, 0) is 17.7 Å². The van der Waals surface area contributed by atoms with E-state index in [1.807, 2.05) is 47.4 Å². The van der Waals surface area contributed by atoms with Crippen molar-refractivity contribution in [2.24, 2.45) is 0 Å². The van der Waals surface area contributed by atoms with Gasteiger partial charge in [0.2, 0.25) is 5.95 Å². The van der Waals surface area contributed by atoms with E-state index in [0.717, 1.165) is 23.2 Å². The summed E-state index contributed by atoms with van der Waals surface area (Å²) in [7, 11) is 1.38. The smallest absolute Gasteiger partial charge is 0.337 e. The first kappa shape index (κ1) is 18.1.